The minimum absolute atomic E-state index is 0.0577. The molecule has 1 saturated heterocycles. The Bertz CT molecular complexity index is 577. The Hall–Kier alpha value is -1.33. The monoisotopic (exact) mass is 345 g/mol. The van der Waals surface area contributed by atoms with Crippen molar-refractivity contribution in [3.05, 3.63) is 35.9 Å². The second kappa shape index (κ2) is 7.12. The lowest BCUT2D eigenvalue weighted by molar-refractivity contribution is -0.128. The largest absolute Gasteiger partial charge is 0.458 e. The molecule has 0 spiro atoms. The van der Waals surface area contributed by atoms with E-state index in [1.54, 1.807) is 0 Å². The maximum atomic E-state index is 12.3. The minimum atomic E-state index is -0.397. The second-order valence-electron chi connectivity index (χ2n) is 8.99. The van der Waals surface area contributed by atoms with Gasteiger partial charge in [-0.2, -0.15) is 0 Å². The Morgan fingerprint density at radius 3 is 2.08 bits per heavy atom. The fraction of sp³-hybridized carbons (Fsp3) is 0.650. The van der Waals surface area contributed by atoms with E-state index in [-0.39, 0.29) is 30.1 Å². The third-order valence-electron chi connectivity index (χ3n) is 5.24. The molecule has 1 atom stereocenters. The molecule has 1 N–H and O–H groups in total. The number of nitrogens with one attached hydrogen (secondary N) is 1. The van der Waals surface area contributed by atoms with Gasteiger partial charge in [-0.15, -0.1) is 0 Å². The van der Waals surface area contributed by atoms with Gasteiger partial charge in [0, 0.05) is 12.0 Å². The maximum Gasteiger partial charge on any atom is 0.458 e. The molecule has 1 heterocycles. The van der Waals surface area contributed by atoms with Crippen LogP contribution in [0.5, 0.6) is 0 Å². The van der Waals surface area contributed by atoms with Gasteiger partial charge in [0.05, 0.1) is 11.2 Å². The zero-order valence-electron chi connectivity index (χ0n) is 16.7. The molecule has 1 fully saturated rings. The molecule has 1 aromatic carbocycles. The molecule has 0 bridgehead atoms. The molecule has 0 radical (unpaired) electrons. The SMILES string of the molecule is CC(C)(C)C(=O)NC[C@H](CB1OC(C)(C)C(C)(C)O1)c1ccccc1. The smallest absolute Gasteiger partial charge is 0.403 e. The van der Waals surface area contributed by atoms with Crippen molar-refractivity contribution in [3.63, 3.8) is 0 Å². The van der Waals surface area contributed by atoms with Gasteiger partial charge in [-0.3, -0.25) is 4.79 Å². The van der Waals surface area contributed by atoms with Crippen LogP contribution in [0.25, 0.3) is 0 Å². The highest BCUT2D eigenvalue weighted by Crippen LogP contribution is 2.39. The van der Waals surface area contributed by atoms with Crippen LogP contribution in [0.15, 0.2) is 30.3 Å². The normalized spacial score (nSPS) is 20.4. The van der Waals surface area contributed by atoms with Gasteiger partial charge < -0.3 is 14.6 Å². The first-order valence-electron chi connectivity index (χ1n) is 9.11. The van der Waals surface area contributed by atoms with Crippen molar-refractivity contribution in [2.75, 3.05) is 6.54 Å². The Balaban J connectivity index is 2.10. The van der Waals surface area contributed by atoms with Crippen molar-refractivity contribution in [2.24, 2.45) is 5.41 Å². The zero-order chi connectivity index (χ0) is 18.9. The maximum absolute atomic E-state index is 12.3. The fourth-order valence-electron chi connectivity index (χ4n) is 2.84. The molecule has 0 saturated carbocycles. The summed E-state index contributed by atoms with van der Waals surface area (Å²) in [7, 11) is -0.276. The summed E-state index contributed by atoms with van der Waals surface area (Å²) in [5.74, 6) is 0.199. The van der Waals surface area contributed by atoms with Gasteiger partial charge in [0.2, 0.25) is 5.91 Å². The number of rotatable bonds is 5. The van der Waals surface area contributed by atoms with E-state index in [1.165, 1.54) is 5.56 Å². The number of benzene rings is 1. The number of hydrogen-bond donors (Lipinski definition) is 1. The summed E-state index contributed by atoms with van der Waals surface area (Å²) >= 11 is 0. The average molecular weight is 345 g/mol. The van der Waals surface area contributed by atoms with Gasteiger partial charge in [0.15, 0.2) is 0 Å². The Morgan fingerprint density at radius 1 is 1.08 bits per heavy atom. The molecular formula is C20H32BNO3. The van der Waals surface area contributed by atoms with E-state index < -0.39 is 5.41 Å². The summed E-state index contributed by atoms with van der Waals surface area (Å²) in [5, 5.41) is 3.09. The average Bonchev–Trinajstić information content (AvgIpc) is 2.70. The van der Waals surface area contributed by atoms with Crippen molar-refractivity contribution in [2.45, 2.75) is 71.9 Å². The van der Waals surface area contributed by atoms with E-state index in [4.69, 9.17) is 9.31 Å². The first-order valence-corrected chi connectivity index (χ1v) is 9.11. The zero-order valence-corrected chi connectivity index (χ0v) is 16.7. The topological polar surface area (TPSA) is 47.6 Å². The van der Waals surface area contributed by atoms with E-state index >= 15 is 0 Å². The van der Waals surface area contributed by atoms with Crippen LogP contribution in [0, 0.1) is 5.41 Å². The van der Waals surface area contributed by atoms with Crippen LogP contribution in [0.2, 0.25) is 6.32 Å². The molecule has 2 rings (SSSR count). The van der Waals surface area contributed by atoms with Gasteiger partial charge in [-0.1, -0.05) is 51.1 Å². The molecule has 1 aliphatic heterocycles. The first-order chi connectivity index (χ1) is 11.4. The van der Waals surface area contributed by atoms with E-state index in [0.717, 1.165) is 0 Å². The van der Waals surface area contributed by atoms with Crippen LogP contribution in [0.4, 0.5) is 0 Å². The van der Waals surface area contributed by atoms with Crippen LogP contribution in [-0.2, 0) is 14.1 Å². The Kier molecular flexibility index (Phi) is 5.70. The van der Waals surface area contributed by atoms with Gasteiger partial charge in [0.1, 0.15) is 0 Å². The lowest BCUT2D eigenvalue weighted by Gasteiger charge is -2.32. The standard InChI is InChI=1S/C20H32BNO3/c1-18(2,3)17(23)22-14-16(15-11-9-8-10-12-15)13-21-24-19(4,5)20(6,7)25-21/h8-12,16H,13-14H2,1-7H3,(H,22,23)/t16-/m0/s1. The van der Waals surface area contributed by atoms with Crippen LogP contribution in [0.3, 0.4) is 0 Å². The molecule has 25 heavy (non-hydrogen) atoms. The molecule has 4 nitrogen and oxygen atoms in total. The summed E-state index contributed by atoms with van der Waals surface area (Å²) < 4.78 is 12.3. The van der Waals surface area contributed by atoms with Gasteiger partial charge in [-0.05, 0) is 45.5 Å². The highest BCUT2D eigenvalue weighted by molar-refractivity contribution is 6.45. The molecule has 0 aliphatic carbocycles. The predicted molar refractivity (Wildman–Crippen MR) is 103 cm³/mol. The number of amides is 1. The first kappa shape index (κ1) is 20.0. The van der Waals surface area contributed by atoms with Gasteiger partial charge >= 0.3 is 7.12 Å². The Morgan fingerprint density at radius 2 is 1.60 bits per heavy atom. The van der Waals surface area contributed by atoms with Crippen molar-refractivity contribution < 1.29 is 14.1 Å². The van der Waals surface area contributed by atoms with Crippen molar-refractivity contribution in [3.8, 4) is 0 Å². The van der Waals surface area contributed by atoms with E-state index in [9.17, 15) is 4.79 Å². The third kappa shape index (κ3) is 4.86. The molecule has 0 aromatic heterocycles. The second-order valence-corrected chi connectivity index (χ2v) is 8.99. The molecule has 1 amide bonds. The summed E-state index contributed by atoms with van der Waals surface area (Å²) in [6.45, 7) is 14.6. The van der Waals surface area contributed by atoms with Gasteiger partial charge in [0.25, 0.3) is 0 Å². The van der Waals surface area contributed by atoms with Gasteiger partial charge in [-0.25, -0.2) is 0 Å². The molecule has 0 unspecified atom stereocenters. The number of carbonyl (C=O) groups excluding carboxylic acids is 1. The quantitative estimate of drug-likeness (QED) is 0.820. The van der Waals surface area contributed by atoms with E-state index in [0.29, 0.717) is 12.9 Å². The van der Waals surface area contributed by atoms with Crippen molar-refractivity contribution in [1.29, 1.82) is 0 Å². The fourth-order valence-corrected chi connectivity index (χ4v) is 2.84. The molecule has 138 valence electrons. The number of hydrogen-bond acceptors (Lipinski definition) is 3. The van der Waals surface area contributed by atoms with E-state index in [2.05, 4.69) is 45.1 Å². The van der Waals surface area contributed by atoms with E-state index in [1.807, 2.05) is 39.0 Å². The summed E-state index contributed by atoms with van der Waals surface area (Å²) in [4.78, 5) is 12.3. The number of carbonyl (C=O) groups is 1. The Labute approximate surface area is 152 Å². The molecular weight excluding hydrogens is 313 g/mol. The summed E-state index contributed by atoms with van der Waals surface area (Å²) in [6.07, 6.45) is 0.710. The highest BCUT2D eigenvalue weighted by Gasteiger charge is 2.51. The van der Waals surface area contributed by atoms with Crippen LogP contribution in [0.1, 0.15) is 59.9 Å². The lowest BCUT2D eigenvalue weighted by atomic mass is 9.74. The molecule has 1 aromatic rings. The van der Waals surface area contributed by atoms with Crippen molar-refractivity contribution >= 4 is 13.0 Å². The van der Waals surface area contributed by atoms with Crippen LogP contribution < -0.4 is 5.32 Å². The molecule has 1 aliphatic rings. The molecule has 5 heteroatoms. The van der Waals surface area contributed by atoms with Crippen LogP contribution in [-0.4, -0.2) is 30.8 Å². The van der Waals surface area contributed by atoms with Crippen molar-refractivity contribution in [1.82, 2.24) is 5.32 Å². The minimum Gasteiger partial charge on any atom is -0.403 e. The lowest BCUT2D eigenvalue weighted by Crippen LogP contribution is -2.41. The third-order valence-corrected chi connectivity index (χ3v) is 5.24. The summed E-state index contributed by atoms with van der Waals surface area (Å²) in [6, 6.07) is 10.2. The highest BCUT2D eigenvalue weighted by atomic mass is 16.7. The van der Waals surface area contributed by atoms with Crippen LogP contribution >= 0.6 is 0 Å². The predicted octanol–water partition coefficient (Wildman–Crippen LogP) is 4.02. The summed E-state index contributed by atoms with van der Waals surface area (Å²) in [5.41, 5.74) is 0.110.